The van der Waals surface area contributed by atoms with Crippen molar-refractivity contribution in [2.45, 2.75) is 51.7 Å². The monoisotopic (exact) mass is 379 g/mol. The Morgan fingerprint density at radius 1 is 1.53 bits per heavy atom. The fourth-order valence-corrected chi connectivity index (χ4v) is 3.08. The molecule has 19 heavy (non-hydrogen) atoms. The summed E-state index contributed by atoms with van der Waals surface area (Å²) < 4.78 is 5.81. The second kappa shape index (κ2) is 6.92. The average molecular weight is 379 g/mol. The van der Waals surface area contributed by atoms with Gasteiger partial charge >= 0.3 is 0 Å². The third-order valence-corrected chi connectivity index (χ3v) is 4.28. The lowest BCUT2D eigenvalue weighted by Gasteiger charge is -2.61. The zero-order chi connectivity index (χ0) is 13.2. The average Bonchev–Trinajstić information content (AvgIpc) is 2.22. The maximum Gasteiger partial charge on any atom is 0.189 e. The van der Waals surface area contributed by atoms with E-state index in [1.54, 1.807) is 0 Å². The van der Waals surface area contributed by atoms with Crippen LogP contribution < -0.4 is 11.1 Å². The van der Waals surface area contributed by atoms with Gasteiger partial charge in [-0.25, -0.2) is 4.99 Å². The van der Waals surface area contributed by atoms with Gasteiger partial charge in [0.15, 0.2) is 5.96 Å². The standard InChI is InChI=1S/C14H25N3O.HI/c1-4-18-12-8-11(14(12)6-5-7-14)17-13(15)16-9-10(2)3;/h11-12H,2,4-9H2,1,3H3,(H3,15,16,17);1H. The smallest absolute Gasteiger partial charge is 0.189 e. The molecule has 3 N–H and O–H groups in total. The van der Waals surface area contributed by atoms with E-state index in [4.69, 9.17) is 10.5 Å². The quantitative estimate of drug-likeness (QED) is 0.334. The lowest BCUT2D eigenvalue weighted by molar-refractivity contribution is -0.168. The number of halogens is 1. The predicted molar refractivity (Wildman–Crippen MR) is 90.0 cm³/mol. The Morgan fingerprint density at radius 2 is 2.21 bits per heavy atom. The highest BCUT2D eigenvalue weighted by Crippen LogP contribution is 2.57. The van der Waals surface area contributed by atoms with Crippen LogP contribution in [0, 0.1) is 5.41 Å². The summed E-state index contributed by atoms with van der Waals surface area (Å²) in [5.41, 5.74) is 7.27. The molecular weight excluding hydrogens is 353 g/mol. The highest BCUT2D eigenvalue weighted by atomic mass is 127. The summed E-state index contributed by atoms with van der Waals surface area (Å²) in [5.74, 6) is 0.546. The number of guanidine groups is 1. The molecule has 2 unspecified atom stereocenters. The van der Waals surface area contributed by atoms with Crippen molar-refractivity contribution in [3.05, 3.63) is 12.2 Å². The van der Waals surface area contributed by atoms with Gasteiger partial charge in [0.2, 0.25) is 0 Å². The molecule has 2 fully saturated rings. The molecular formula is C14H26IN3O. The Morgan fingerprint density at radius 3 is 2.68 bits per heavy atom. The van der Waals surface area contributed by atoms with Crippen LogP contribution in [-0.4, -0.2) is 31.3 Å². The molecule has 0 aromatic heterocycles. The number of aliphatic imine (C=N–C) groups is 1. The second-order valence-electron chi connectivity index (χ2n) is 5.62. The fraction of sp³-hybridized carbons (Fsp3) is 0.786. The highest BCUT2D eigenvalue weighted by Gasteiger charge is 2.59. The van der Waals surface area contributed by atoms with E-state index >= 15 is 0 Å². The van der Waals surface area contributed by atoms with Crippen LogP contribution in [0.5, 0.6) is 0 Å². The van der Waals surface area contributed by atoms with Crippen molar-refractivity contribution in [3.8, 4) is 0 Å². The largest absolute Gasteiger partial charge is 0.378 e. The number of nitrogens with one attached hydrogen (secondary N) is 1. The topological polar surface area (TPSA) is 59.6 Å². The maximum absolute atomic E-state index is 5.91. The van der Waals surface area contributed by atoms with Crippen LogP contribution in [0.1, 0.15) is 39.5 Å². The SMILES string of the molecule is C=C(C)CN=C(N)NC1CC(OCC)C12CCC2.I. The third-order valence-electron chi connectivity index (χ3n) is 4.28. The molecule has 2 rings (SSSR count). The minimum absolute atomic E-state index is 0. The molecule has 110 valence electrons. The molecule has 2 aliphatic rings. The van der Waals surface area contributed by atoms with Crippen molar-refractivity contribution >= 4 is 29.9 Å². The van der Waals surface area contributed by atoms with Gasteiger partial charge in [0.05, 0.1) is 12.6 Å². The number of nitrogens with zero attached hydrogens (tertiary/aromatic N) is 1. The molecule has 4 nitrogen and oxygen atoms in total. The summed E-state index contributed by atoms with van der Waals surface area (Å²) in [6.07, 6.45) is 5.29. The van der Waals surface area contributed by atoms with Crippen molar-refractivity contribution in [2.24, 2.45) is 16.1 Å². The van der Waals surface area contributed by atoms with Crippen molar-refractivity contribution < 1.29 is 4.74 Å². The third kappa shape index (κ3) is 3.42. The van der Waals surface area contributed by atoms with E-state index < -0.39 is 0 Å². The first-order valence-electron chi connectivity index (χ1n) is 6.91. The highest BCUT2D eigenvalue weighted by molar-refractivity contribution is 14.0. The molecule has 0 heterocycles. The minimum atomic E-state index is 0. The van der Waals surface area contributed by atoms with Crippen LogP contribution >= 0.6 is 24.0 Å². The molecule has 0 bridgehead atoms. The minimum Gasteiger partial charge on any atom is -0.378 e. The van der Waals surface area contributed by atoms with Crippen LogP contribution in [0.2, 0.25) is 0 Å². The van der Waals surface area contributed by atoms with Crippen molar-refractivity contribution in [1.29, 1.82) is 0 Å². The van der Waals surface area contributed by atoms with Gasteiger partial charge in [0, 0.05) is 18.1 Å². The van der Waals surface area contributed by atoms with Gasteiger partial charge in [-0.3, -0.25) is 0 Å². The van der Waals surface area contributed by atoms with Crippen molar-refractivity contribution in [3.63, 3.8) is 0 Å². The number of nitrogens with two attached hydrogens (primary N) is 1. The van der Waals surface area contributed by atoms with Crippen LogP contribution in [0.25, 0.3) is 0 Å². The van der Waals surface area contributed by atoms with E-state index in [-0.39, 0.29) is 24.0 Å². The Balaban J connectivity index is 0.00000180. The van der Waals surface area contributed by atoms with E-state index in [0.717, 1.165) is 18.6 Å². The van der Waals surface area contributed by atoms with Crippen LogP contribution in [0.4, 0.5) is 0 Å². The van der Waals surface area contributed by atoms with E-state index in [1.165, 1.54) is 19.3 Å². The summed E-state index contributed by atoms with van der Waals surface area (Å²) in [7, 11) is 0. The zero-order valence-corrected chi connectivity index (χ0v) is 14.3. The molecule has 1 spiro atoms. The molecule has 2 saturated carbocycles. The van der Waals surface area contributed by atoms with Crippen LogP contribution in [0.15, 0.2) is 17.1 Å². The Kier molecular flexibility index (Phi) is 6.11. The normalized spacial score (nSPS) is 28.0. The lowest BCUT2D eigenvalue weighted by atomic mass is 9.51. The van der Waals surface area contributed by atoms with Gasteiger partial charge in [-0.15, -0.1) is 24.0 Å². The summed E-state index contributed by atoms with van der Waals surface area (Å²) in [4.78, 5) is 4.28. The Hall–Kier alpha value is -0.300. The van der Waals surface area contributed by atoms with E-state index in [1.807, 2.05) is 6.92 Å². The molecule has 0 amide bonds. The number of rotatable bonds is 5. The Labute approximate surface area is 133 Å². The molecule has 0 aliphatic heterocycles. The number of hydrogen-bond acceptors (Lipinski definition) is 2. The molecule has 0 aromatic carbocycles. The van der Waals surface area contributed by atoms with Crippen LogP contribution in [0.3, 0.4) is 0 Å². The molecule has 2 aliphatic carbocycles. The summed E-state index contributed by atoms with van der Waals surface area (Å²) >= 11 is 0. The maximum atomic E-state index is 5.91. The van der Waals surface area contributed by atoms with Gasteiger partial charge in [-0.1, -0.05) is 18.6 Å². The van der Waals surface area contributed by atoms with Gasteiger partial charge in [-0.05, 0) is 33.1 Å². The van der Waals surface area contributed by atoms with Gasteiger partial charge in [0.1, 0.15) is 0 Å². The molecule has 0 saturated heterocycles. The molecule has 2 atom stereocenters. The van der Waals surface area contributed by atoms with E-state index in [2.05, 4.69) is 23.8 Å². The first kappa shape index (κ1) is 16.8. The summed E-state index contributed by atoms with van der Waals surface area (Å²) in [6, 6.07) is 0.441. The number of hydrogen-bond donors (Lipinski definition) is 2. The van der Waals surface area contributed by atoms with Crippen molar-refractivity contribution in [2.75, 3.05) is 13.2 Å². The molecule has 0 aromatic rings. The second-order valence-corrected chi connectivity index (χ2v) is 5.62. The van der Waals surface area contributed by atoms with Crippen LogP contribution in [-0.2, 0) is 4.74 Å². The van der Waals surface area contributed by atoms with Gasteiger partial charge in [0.25, 0.3) is 0 Å². The first-order valence-corrected chi connectivity index (χ1v) is 6.91. The lowest BCUT2D eigenvalue weighted by Crippen LogP contribution is -2.68. The molecule has 5 heteroatoms. The zero-order valence-electron chi connectivity index (χ0n) is 11.9. The predicted octanol–water partition coefficient (Wildman–Crippen LogP) is 2.43. The Bertz CT molecular complexity index is 353. The summed E-state index contributed by atoms with van der Waals surface area (Å²) in [5, 5.41) is 3.36. The van der Waals surface area contributed by atoms with Gasteiger partial charge < -0.3 is 15.8 Å². The van der Waals surface area contributed by atoms with E-state index in [0.29, 0.717) is 30.1 Å². The van der Waals surface area contributed by atoms with Crippen molar-refractivity contribution in [1.82, 2.24) is 5.32 Å². The first-order chi connectivity index (χ1) is 8.58. The van der Waals surface area contributed by atoms with Gasteiger partial charge in [-0.2, -0.15) is 0 Å². The fourth-order valence-electron chi connectivity index (χ4n) is 3.08. The van der Waals surface area contributed by atoms with E-state index in [9.17, 15) is 0 Å². The number of ether oxygens (including phenoxy) is 1. The summed E-state index contributed by atoms with van der Waals surface area (Å²) in [6.45, 7) is 9.25. The molecule has 0 radical (unpaired) electrons.